The SMILES string of the molecule is Cn1nccc1[C@H]1CC[C@H](N)C1. The smallest absolute Gasteiger partial charge is 0.0492 e. The van der Waals surface area contributed by atoms with Crippen LogP contribution in [0, 0.1) is 0 Å². The molecular weight excluding hydrogens is 150 g/mol. The third-order valence-electron chi connectivity index (χ3n) is 2.75. The topological polar surface area (TPSA) is 43.8 Å². The van der Waals surface area contributed by atoms with Crippen LogP contribution in [0.4, 0.5) is 0 Å². The van der Waals surface area contributed by atoms with Gasteiger partial charge >= 0.3 is 0 Å². The highest BCUT2D eigenvalue weighted by Gasteiger charge is 2.24. The number of rotatable bonds is 1. The molecule has 0 aliphatic heterocycles. The van der Waals surface area contributed by atoms with Crippen LogP contribution in [0.2, 0.25) is 0 Å². The molecule has 1 fully saturated rings. The van der Waals surface area contributed by atoms with Crippen LogP contribution in [0.15, 0.2) is 12.3 Å². The lowest BCUT2D eigenvalue weighted by atomic mass is 10.0. The van der Waals surface area contributed by atoms with Crippen molar-refractivity contribution in [2.45, 2.75) is 31.2 Å². The molecule has 0 radical (unpaired) electrons. The number of hydrogen-bond donors (Lipinski definition) is 1. The van der Waals surface area contributed by atoms with Crippen molar-refractivity contribution in [3.8, 4) is 0 Å². The molecular formula is C9H15N3. The summed E-state index contributed by atoms with van der Waals surface area (Å²) in [4.78, 5) is 0. The fourth-order valence-corrected chi connectivity index (χ4v) is 2.07. The molecule has 0 bridgehead atoms. The summed E-state index contributed by atoms with van der Waals surface area (Å²) in [5, 5.41) is 4.16. The number of nitrogens with two attached hydrogens (primary N) is 1. The van der Waals surface area contributed by atoms with Gasteiger partial charge in [0.15, 0.2) is 0 Å². The lowest BCUT2D eigenvalue weighted by Crippen LogP contribution is -2.15. The van der Waals surface area contributed by atoms with Crippen molar-refractivity contribution in [3.05, 3.63) is 18.0 Å². The molecule has 3 nitrogen and oxygen atoms in total. The monoisotopic (exact) mass is 165 g/mol. The Balaban J connectivity index is 2.16. The molecule has 1 aromatic rings. The fraction of sp³-hybridized carbons (Fsp3) is 0.667. The van der Waals surface area contributed by atoms with E-state index in [1.54, 1.807) is 0 Å². The highest BCUT2D eigenvalue weighted by atomic mass is 15.3. The molecule has 1 aromatic heterocycles. The van der Waals surface area contributed by atoms with Crippen LogP contribution in [-0.2, 0) is 7.05 Å². The van der Waals surface area contributed by atoms with Gasteiger partial charge in [-0.3, -0.25) is 4.68 Å². The van der Waals surface area contributed by atoms with E-state index in [-0.39, 0.29) is 0 Å². The van der Waals surface area contributed by atoms with E-state index in [0.717, 1.165) is 12.8 Å². The minimum absolute atomic E-state index is 0.407. The van der Waals surface area contributed by atoms with Crippen LogP contribution < -0.4 is 5.73 Å². The molecule has 3 heteroatoms. The Hall–Kier alpha value is -0.830. The summed E-state index contributed by atoms with van der Waals surface area (Å²) in [5.41, 5.74) is 7.19. The Kier molecular flexibility index (Phi) is 1.89. The fourth-order valence-electron chi connectivity index (χ4n) is 2.07. The Morgan fingerprint density at radius 3 is 2.92 bits per heavy atom. The average Bonchev–Trinajstić information content (AvgIpc) is 2.58. The predicted octanol–water partition coefficient (Wildman–Crippen LogP) is 1.01. The summed E-state index contributed by atoms with van der Waals surface area (Å²) in [6, 6.07) is 2.51. The normalized spacial score (nSPS) is 29.5. The van der Waals surface area contributed by atoms with E-state index in [2.05, 4.69) is 11.2 Å². The highest BCUT2D eigenvalue weighted by Crippen LogP contribution is 2.32. The minimum atomic E-state index is 0.407. The van der Waals surface area contributed by atoms with E-state index in [1.165, 1.54) is 12.1 Å². The maximum absolute atomic E-state index is 5.85. The van der Waals surface area contributed by atoms with Crippen LogP contribution in [0.5, 0.6) is 0 Å². The third-order valence-corrected chi connectivity index (χ3v) is 2.75. The van der Waals surface area contributed by atoms with Gasteiger partial charge in [-0.2, -0.15) is 5.10 Å². The van der Waals surface area contributed by atoms with Crippen LogP contribution in [-0.4, -0.2) is 15.8 Å². The van der Waals surface area contributed by atoms with E-state index in [1.807, 2.05) is 17.9 Å². The third kappa shape index (κ3) is 1.25. The molecule has 1 aliphatic rings. The molecule has 0 aromatic carbocycles. The van der Waals surface area contributed by atoms with E-state index in [9.17, 15) is 0 Å². The standard InChI is InChI=1S/C9H15N3/c1-12-9(4-5-11-12)7-2-3-8(10)6-7/h4-5,7-8H,2-3,6,10H2,1H3/t7-,8-/m0/s1. The Morgan fingerprint density at radius 2 is 2.42 bits per heavy atom. The Bertz CT molecular complexity index is 266. The molecule has 1 saturated carbocycles. The summed E-state index contributed by atoms with van der Waals surface area (Å²) in [7, 11) is 2.00. The van der Waals surface area contributed by atoms with Crippen molar-refractivity contribution in [1.29, 1.82) is 0 Å². The van der Waals surface area contributed by atoms with Crippen molar-refractivity contribution in [2.75, 3.05) is 0 Å². The molecule has 2 atom stereocenters. The van der Waals surface area contributed by atoms with Gasteiger partial charge in [-0.15, -0.1) is 0 Å². The first-order valence-corrected chi connectivity index (χ1v) is 4.51. The first-order valence-electron chi connectivity index (χ1n) is 4.51. The quantitative estimate of drug-likeness (QED) is 0.675. The maximum Gasteiger partial charge on any atom is 0.0492 e. The molecule has 0 unspecified atom stereocenters. The largest absolute Gasteiger partial charge is 0.328 e. The molecule has 0 spiro atoms. The van der Waals surface area contributed by atoms with Crippen LogP contribution in [0.25, 0.3) is 0 Å². The molecule has 2 rings (SSSR count). The number of aryl methyl sites for hydroxylation is 1. The summed E-state index contributed by atoms with van der Waals surface area (Å²) < 4.78 is 1.96. The van der Waals surface area contributed by atoms with Gasteiger partial charge in [0.25, 0.3) is 0 Å². The summed E-state index contributed by atoms with van der Waals surface area (Å²) in [6.07, 6.45) is 5.37. The van der Waals surface area contributed by atoms with E-state index in [0.29, 0.717) is 12.0 Å². The molecule has 2 N–H and O–H groups in total. The Morgan fingerprint density at radius 1 is 1.58 bits per heavy atom. The van der Waals surface area contributed by atoms with Gasteiger partial charge in [-0.1, -0.05) is 0 Å². The van der Waals surface area contributed by atoms with Gasteiger partial charge in [0.1, 0.15) is 0 Å². The Labute approximate surface area is 72.6 Å². The second-order valence-electron chi connectivity index (χ2n) is 3.65. The van der Waals surface area contributed by atoms with E-state index >= 15 is 0 Å². The molecule has 0 saturated heterocycles. The number of hydrogen-bond acceptors (Lipinski definition) is 2. The van der Waals surface area contributed by atoms with Gasteiger partial charge in [-0.25, -0.2) is 0 Å². The van der Waals surface area contributed by atoms with E-state index in [4.69, 9.17) is 5.73 Å². The zero-order chi connectivity index (χ0) is 8.55. The minimum Gasteiger partial charge on any atom is -0.328 e. The molecule has 12 heavy (non-hydrogen) atoms. The van der Waals surface area contributed by atoms with Crippen molar-refractivity contribution < 1.29 is 0 Å². The van der Waals surface area contributed by atoms with Gasteiger partial charge in [0, 0.05) is 30.9 Å². The second kappa shape index (κ2) is 2.90. The second-order valence-corrected chi connectivity index (χ2v) is 3.65. The zero-order valence-electron chi connectivity index (χ0n) is 7.40. The summed E-state index contributed by atoms with van der Waals surface area (Å²) in [6.45, 7) is 0. The molecule has 1 heterocycles. The number of aromatic nitrogens is 2. The molecule has 66 valence electrons. The van der Waals surface area contributed by atoms with Gasteiger partial charge < -0.3 is 5.73 Å². The van der Waals surface area contributed by atoms with Crippen molar-refractivity contribution in [2.24, 2.45) is 12.8 Å². The van der Waals surface area contributed by atoms with Gasteiger partial charge in [0.05, 0.1) is 0 Å². The highest BCUT2D eigenvalue weighted by molar-refractivity contribution is 5.10. The average molecular weight is 165 g/mol. The van der Waals surface area contributed by atoms with Gasteiger partial charge in [-0.05, 0) is 25.3 Å². The summed E-state index contributed by atoms with van der Waals surface area (Å²) >= 11 is 0. The van der Waals surface area contributed by atoms with Crippen molar-refractivity contribution in [3.63, 3.8) is 0 Å². The van der Waals surface area contributed by atoms with Crippen LogP contribution in [0.1, 0.15) is 30.9 Å². The lowest BCUT2D eigenvalue weighted by Gasteiger charge is -2.09. The lowest BCUT2D eigenvalue weighted by molar-refractivity contribution is 0.606. The molecule has 0 amide bonds. The van der Waals surface area contributed by atoms with Crippen molar-refractivity contribution >= 4 is 0 Å². The van der Waals surface area contributed by atoms with Gasteiger partial charge in [0.2, 0.25) is 0 Å². The van der Waals surface area contributed by atoms with Crippen LogP contribution >= 0.6 is 0 Å². The van der Waals surface area contributed by atoms with E-state index < -0.39 is 0 Å². The summed E-state index contributed by atoms with van der Waals surface area (Å²) in [5.74, 6) is 0.646. The number of nitrogens with zero attached hydrogens (tertiary/aromatic N) is 2. The zero-order valence-corrected chi connectivity index (χ0v) is 7.40. The first kappa shape index (κ1) is 7.80. The predicted molar refractivity (Wildman–Crippen MR) is 47.8 cm³/mol. The van der Waals surface area contributed by atoms with Crippen LogP contribution in [0.3, 0.4) is 0 Å². The van der Waals surface area contributed by atoms with Crippen molar-refractivity contribution in [1.82, 2.24) is 9.78 Å². The maximum atomic E-state index is 5.85. The first-order chi connectivity index (χ1) is 5.77. The molecule has 1 aliphatic carbocycles.